The summed E-state index contributed by atoms with van der Waals surface area (Å²) in [6.07, 6.45) is 30.2. The van der Waals surface area contributed by atoms with Crippen LogP contribution in [0.5, 0.6) is 0 Å². The van der Waals surface area contributed by atoms with Crippen LogP contribution in [0.3, 0.4) is 0 Å². The number of carbonyl (C=O) groups is 2. The summed E-state index contributed by atoms with van der Waals surface area (Å²) in [5, 5.41) is 20.6. The lowest BCUT2D eigenvalue weighted by molar-refractivity contribution is -0.147. The highest BCUT2D eigenvalue weighted by Gasteiger charge is 2.39. The molecule has 0 aliphatic heterocycles. The molecule has 0 radical (unpaired) electrons. The summed E-state index contributed by atoms with van der Waals surface area (Å²) in [7, 11) is -4.71. The number of ketones is 1. The molecule has 290 valence electrons. The normalized spacial score (nSPS) is 19.6. The standard InChI is InChI=1S/C39H69O10P/c1-3-5-7-8-9-10-11-12-13-14-15-16-19-23-29-47-34(32-49-50(44,45)46)31-48-39(43)26-22-18-17-21-25-35-36(38(42)30-37(35)41)28-27-33(40)24-20-6-4-2/h17,21,23,27-29,33-37,40-41H,3-16,18-20,22,24-26,30-32H2,1-2H3,(H2,44,45,46)/b21-17-,28-27+,29-23+/t33-,34+,35+,36+,37-/m0/s1. The monoisotopic (exact) mass is 728 g/mol. The number of allylic oxidation sites excluding steroid dienone is 4. The van der Waals surface area contributed by atoms with Gasteiger partial charge in [-0.25, -0.2) is 4.57 Å². The summed E-state index contributed by atoms with van der Waals surface area (Å²) in [5.41, 5.74) is 0. The van der Waals surface area contributed by atoms with Gasteiger partial charge in [-0.05, 0) is 44.6 Å². The number of hydrogen-bond donors (Lipinski definition) is 4. The topological polar surface area (TPSA) is 160 Å². The second-order valence-corrected chi connectivity index (χ2v) is 15.0. The van der Waals surface area contributed by atoms with Crippen LogP contribution < -0.4 is 0 Å². The molecule has 0 bridgehead atoms. The fourth-order valence-electron chi connectivity index (χ4n) is 6.11. The number of Topliss-reactive ketones (excluding diaryl/α,β-unsaturated/α-hetero) is 1. The number of phosphoric ester groups is 1. The average Bonchev–Trinajstić information content (AvgIpc) is 3.34. The van der Waals surface area contributed by atoms with E-state index in [1.807, 2.05) is 18.2 Å². The summed E-state index contributed by atoms with van der Waals surface area (Å²) in [4.78, 5) is 42.9. The van der Waals surface area contributed by atoms with Crippen LogP contribution in [0.4, 0.5) is 0 Å². The average molecular weight is 729 g/mol. The van der Waals surface area contributed by atoms with Gasteiger partial charge in [0, 0.05) is 24.7 Å². The van der Waals surface area contributed by atoms with Crippen molar-refractivity contribution in [3.63, 3.8) is 0 Å². The number of aliphatic hydroxyl groups excluding tert-OH is 2. The van der Waals surface area contributed by atoms with Gasteiger partial charge in [-0.3, -0.25) is 14.1 Å². The van der Waals surface area contributed by atoms with E-state index in [2.05, 4.69) is 18.4 Å². The summed E-state index contributed by atoms with van der Waals surface area (Å²) in [6, 6.07) is 0. The third kappa shape index (κ3) is 25.2. The van der Waals surface area contributed by atoms with Crippen molar-refractivity contribution in [3.05, 3.63) is 36.6 Å². The molecule has 1 fully saturated rings. The second-order valence-electron chi connectivity index (χ2n) is 13.8. The van der Waals surface area contributed by atoms with Crippen molar-refractivity contribution in [1.29, 1.82) is 0 Å². The molecule has 0 aromatic heterocycles. The summed E-state index contributed by atoms with van der Waals surface area (Å²) < 4.78 is 26.7. The first-order chi connectivity index (χ1) is 24.1. The van der Waals surface area contributed by atoms with Gasteiger partial charge in [-0.1, -0.05) is 128 Å². The van der Waals surface area contributed by atoms with Gasteiger partial charge in [0.05, 0.1) is 25.1 Å². The van der Waals surface area contributed by atoms with E-state index in [1.54, 1.807) is 12.2 Å². The minimum atomic E-state index is -4.71. The van der Waals surface area contributed by atoms with Crippen molar-refractivity contribution in [3.8, 4) is 0 Å². The smallest absolute Gasteiger partial charge is 0.469 e. The SMILES string of the molecule is CCCCCCCCCCCCCC/C=C/O[C@H](COC(=O)CCC/C=C\C[C@H]1[C@@H](O)CC(=O)[C@@H]1/C=C/[C@@H](O)CCCCC)COP(=O)(O)O. The Bertz CT molecular complexity index is 1010. The molecule has 10 nitrogen and oxygen atoms in total. The molecule has 4 N–H and O–H groups in total. The van der Waals surface area contributed by atoms with Gasteiger partial charge in [-0.15, -0.1) is 0 Å². The van der Waals surface area contributed by atoms with Crippen molar-refractivity contribution in [1.82, 2.24) is 0 Å². The first-order valence-electron chi connectivity index (χ1n) is 19.5. The zero-order chi connectivity index (χ0) is 36.9. The fraction of sp³-hybridized carbons (Fsp3) is 0.795. The van der Waals surface area contributed by atoms with E-state index in [-0.39, 0.29) is 31.1 Å². The summed E-state index contributed by atoms with van der Waals surface area (Å²) >= 11 is 0. The Morgan fingerprint density at radius 3 is 2.08 bits per heavy atom. The van der Waals surface area contributed by atoms with Gasteiger partial charge in [0.1, 0.15) is 12.4 Å². The highest BCUT2D eigenvalue weighted by atomic mass is 31.2. The Labute approximate surface area is 302 Å². The minimum absolute atomic E-state index is 0.0146. The highest BCUT2D eigenvalue weighted by Crippen LogP contribution is 2.36. The molecule has 0 amide bonds. The van der Waals surface area contributed by atoms with Gasteiger partial charge in [0.15, 0.2) is 6.10 Å². The lowest BCUT2D eigenvalue weighted by atomic mass is 9.90. The van der Waals surface area contributed by atoms with Gasteiger partial charge in [-0.2, -0.15) is 0 Å². The van der Waals surface area contributed by atoms with E-state index >= 15 is 0 Å². The van der Waals surface area contributed by atoms with Gasteiger partial charge >= 0.3 is 13.8 Å². The largest absolute Gasteiger partial charge is 0.492 e. The molecule has 0 aromatic rings. The van der Waals surface area contributed by atoms with E-state index < -0.39 is 44.6 Å². The van der Waals surface area contributed by atoms with E-state index in [0.29, 0.717) is 25.7 Å². The van der Waals surface area contributed by atoms with Crippen molar-refractivity contribution in [2.45, 2.75) is 173 Å². The van der Waals surface area contributed by atoms with Crippen LogP contribution in [-0.4, -0.2) is 63.3 Å². The van der Waals surface area contributed by atoms with Crippen molar-refractivity contribution >= 4 is 19.6 Å². The Morgan fingerprint density at radius 1 is 0.840 bits per heavy atom. The maximum atomic E-state index is 12.4. The zero-order valence-corrected chi connectivity index (χ0v) is 31.9. The van der Waals surface area contributed by atoms with Crippen LogP contribution in [0, 0.1) is 11.8 Å². The molecule has 50 heavy (non-hydrogen) atoms. The fourth-order valence-corrected chi connectivity index (χ4v) is 6.47. The lowest BCUT2D eigenvalue weighted by Crippen LogP contribution is -2.25. The van der Waals surface area contributed by atoms with E-state index in [0.717, 1.165) is 38.5 Å². The molecule has 0 heterocycles. The maximum Gasteiger partial charge on any atom is 0.469 e. The maximum absolute atomic E-state index is 12.4. The number of hydrogen-bond acceptors (Lipinski definition) is 8. The molecular weight excluding hydrogens is 659 g/mol. The predicted octanol–water partition coefficient (Wildman–Crippen LogP) is 8.81. The van der Waals surface area contributed by atoms with Crippen LogP contribution in [0.1, 0.15) is 155 Å². The molecule has 0 aromatic carbocycles. The van der Waals surface area contributed by atoms with Crippen LogP contribution in [-0.2, 0) is 28.2 Å². The van der Waals surface area contributed by atoms with Crippen LogP contribution in [0.25, 0.3) is 0 Å². The Balaban J connectivity index is 2.31. The minimum Gasteiger partial charge on any atom is -0.492 e. The molecule has 1 aliphatic carbocycles. The van der Waals surface area contributed by atoms with Gasteiger partial charge < -0.3 is 29.5 Å². The van der Waals surface area contributed by atoms with E-state index in [1.165, 1.54) is 70.5 Å². The van der Waals surface area contributed by atoms with Crippen molar-refractivity contribution in [2.24, 2.45) is 11.8 Å². The zero-order valence-electron chi connectivity index (χ0n) is 31.0. The number of carbonyl (C=O) groups excluding carboxylic acids is 2. The third-order valence-electron chi connectivity index (χ3n) is 9.16. The first kappa shape index (κ1) is 46.2. The molecule has 1 aliphatic rings. The molecular formula is C39H69O10P. The number of ether oxygens (including phenoxy) is 2. The lowest BCUT2D eigenvalue weighted by Gasteiger charge is -2.17. The van der Waals surface area contributed by atoms with Crippen LogP contribution in [0.2, 0.25) is 0 Å². The van der Waals surface area contributed by atoms with E-state index in [4.69, 9.17) is 19.3 Å². The summed E-state index contributed by atoms with van der Waals surface area (Å²) in [6.45, 7) is 3.72. The molecule has 0 spiro atoms. The number of phosphoric acid groups is 1. The number of esters is 1. The van der Waals surface area contributed by atoms with Gasteiger partial charge in [0.25, 0.3) is 0 Å². The number of aliphatic hydroxyl groups is 2. The highest BCUT2D eigenvalue weighted by molar-refractivity contribution is 7.46. The second kappa shape index (κ2) is 29.7. The molecule has 1 saturated carbocycles. The molecule has 11 heteroatoms. The van der Waals surface area contributed by atoms with Gasteiger partial charge in [0.2, 0.25) is 0 Å². The van der Waals surface area contributed by atoms with Crippen molar-refractivity contribution in [2.75, 3.05) is 13.2 Å². The van der Waals surface area contributed by atoms with Crippen molar-refractivity contribution < 1.29 is 48.2 Å². The van der Waals surface area contributed by atoms with Crippen LogP contribution >= 0.6 is 7.82 Å². The number of unbranched alkanes of at least 4 members (excludes halogenated alkanes) is 15. The summed E-state index contributed by atoms with van der Waals surface area (Å²) in [5.74, 6) is -1.13. The van der Waals surface area contributed by atoms with E-state index in [9.17, 15) is 24.4 Å². The molecule has 5 atom stereocenters. The molecule has 0 unspecified atom stereocenters. The molecule has 0 saturated heterocycles. The number of rotatable bonds is 32. The molecule has 1 rings (SSSR count). The van der Waals surface area contributed by atoms with Crippen LogP contribution in [0.15, 0.2) is 36.6 Å². The Kier molecular flexibility index (Phi) is 27.5. The Hall–Kier alpha value is -1.81. The Morgan fingerprint density at radius 2 is 1.44 bits per heavy atom. The first-order valence-corrected chi connectivity index (χ1v) is 21.0. The third-order valence-corrected chi connectivity index (χ3v) is 9.64. The quantitative estimate of drug-likeness (QED) is 0.0173. The predicted molar refractivity (Wildman–Crippen MR) is 198 cm³/mol.